The van der Waals surface area contributed by atoms with E-state index in [9.17, 15) is 4.79 Å². The Morgan fingerprint density at radius 2 is 1.86 bits per heavy atom. The SMILES string of the molecule is O=C(NCCCO)NCc1ccc(OC2CCCCC2)cc1. The van der Waals surface area contributed by atoms with Crippen molar-refractivity contribution < 1.29 is 14.6 Å². The van der Waals surface area contributed by atoms with Crippen LogP contribution in [0, 0.1) is 0 Å². The van der Waals surface area contributed by atoms with E-state index in [1.54, 1.807) is 0 Å². The highest BCUT2D eigenvalue weighted by Crippen LogP contribution is 2.23. The van der Waals surface area contributed by atoms with E-state index < -0.39 is 0 Å². The molecule has 1 aliphatic rings. The molecule has 2 rings (SSSR count). The summed E-state index contributed by atoms with van der Waals surface area (Å²) in [5, 5.41) is 14.1. The average molecular weight is 306 g/mol. The van der Waals surface area contributed by atoms with Crippen LogP contribution in [0.15, 0.2) is 24.3 Å². The molecule has 0 aliphatic heterocycles. The van der Waals surface area contributed by atoms with Gasteiger partial charge in [0, 0.05) is 19.7 Å². The second kappa shape index (κ2) is 9.30. The zero-order valence-electron chi connectivity index (χ0n) is 13.0. The highest BCUT2D eigenvalue weighted by atomic mass is 16.5. The predicted octanol–water partition coefficient (Wildman–Crippen LogP) is 2.58. The Bertz CT molecular complexity index is 442. The standard InChI is InChI=1S/C17H26N2O3/c20-12-4-11-18-17(21)19-13-14-7-9-16(10-8-14)22-15-5-2-1-3-6-15/h7-10,15,20H,1-6,11-13H2,(H2,18,19,21). The molecule has 5 heteroatoms. The Morgan fingerprint density at radius 1 is 1.14 bits per heavy atom. The maximum Gasteiger partial charge on any atom is 0.315 e. The van der Waals surface area contributed by atoms with Gasteiger partial charge in [0.15, 0.2) is 0 Å². The lowest BCUT2D eigenvalue weighted by Gasteiger charge is -2.23. The third kappa shape index (κ3) is 5.93. The number of aliphatic hydroxyl groups is 1. The molecule has 0 heterocycles. The topological polar surface area (TPSA) is 70.6 Å². The number of urea groups is 1. The van der Waals surface area contributed by atoms with Crippen LogP contribution in [0.4, 0.5) is 4.79 Å². The number of benzene rings is 1. The molecule has 122 valence electrons. The molecular formula is C17H26N2O3. The molecule has 1 saturated carbocycles. The number of hydrogen-bond acceptors (Lipinski definition) is 3. The Labute approximate surface area is 132 Å². The van der Waals surface area contributed by atoms with E-state index in [0.717, 1.165) is 24.2 Å². The van der Waals surface area contributed by atoms with Gasteiger partial charge in [-0.05, 0) is 49.8 Å². The van der Waals surface area contributed by atoms with E-state index in [1.165, 1.54) is 19.3 Å². The molecule has 0 aromatic heterocycles. The molecule has 1 aromatic rings. The van der Waals surface area contributed by atoms with Gasteiger partial charge in [-0.15, -0.1) is 0 Å². The third-order valence-corrected chi connectivity index (χ3v) is 3.85. The van der Waals surface area contributed by atoms with Gasteiger partial charge >= 0.3 is 6.03 Å². The first-order chi connectivity index (χ1) is 10.8. The minimum absolute atomic E-state index is 0.0860. The minimum Gasteiger partial charge on any atom is -0.490 e. The largest absolute Gasteiger partial charge is 0.490 e. The molecule has 0 atom stereocenters. The van der Waals surface area contributed by atoms with Crippen molar-refractivity contribution in [2.75, 3.05) is 13.2 Å². The Kier molecular flexibility index (Phi) is 7.03. The van der Waals surface area contributed by atoms with Crippen LogP contribution < -0.4 is 15.4 Å². The van der Waals surface area contributed by atoms with E-state index in [4.69, 9.17) is 9.84 Å². The summed E-state index contributed by atoms with van der Waals surface area (Å²) in [6, 6.07) is 7.68. The van der Waals surface area contributed by atoms with Crippen molar-refractivity contribution in [2.24, 2.45) is 0 Å². The molecule has 0 bridgehead atoms. The van der Waals surface area contributed by atoms with Crippen molar-refractivity contribution in [3.63, 3.8) is 0 Å². The third-order valence-electron chi connectivity index (χ3n) is 3.85. The normalized spacial score (nSPS) is 15.3. The summed E-state index contributed by atoms with van der Waals surface area (Å²) in [5.74, 6) is 0.906. The van der Waals surface area contributed by atoms with Gasteiger partial charge in [0.1, 0.15) is 5.75 Å². The molecule has 2 amide bonds. The summed E-state index contributed by atoms with van der Waals surface area (Å²) in [7, 11) is 0. The Balaban J connectivity index is 1.70. The fraction of sp³-hybridized carbons (Fsp3) is 0.588. The second-order valence-corrected chi connectivity index (χ2v) is 5.71. The molecule has 0 unspecified atom stereocenters. The monoisotopic (exact) mass is 306 g/mol. The molecule has 0 spiro atoms. The van der Waals surface area contributed by atoms with Gasteiger partial charge in [0.25, 0.3) is 0 Å². The van der Waals surface area contributed by atoms with Crippen molar-refractivity contribution >= 4 is 6.03 Å². The molecule has 3 N–H and O–H groups in total. The molecule has 5 nitrogen and oxygen atoms in total. The number of hydrogen-bond donors (Lipinski definition) is 3. The average Bonchev–Trinajstić information content (AvgIpc) is 2.55. The molecular weight excluding hydrogens is 280 g/mol. The first kappa shape index (κ1) is 16.6. The van der Waals surface area contributed by atoms with Crippen LogP contribution in [0.5, 0.6) is 5.75 Å². The summed E-state index contributed by atoms with van der Waals surface area (Å²) in [6.07, 6.45) is 7.07. The Hall–Kier alpha value is -1.75. The van der Waals surface area contributed by atoms with Crippen LogP contribution in [-0.2, 0) is 6.54 Å². The first-order valence-corrected chi connectivity index (χ1v) is 8.16. The predicted molar refractivity (Wildman–Crippen MR) is 85.9 cm³/mol. The maximum atomic E-state index is 11.5. The van der Waals surface area contributed by atoms with Gasteiger partial charge in [0.05, 0.1) is 6.10 Å². The lowest BCUT2D eigenvalue weighted by molar-refractivity contribution is 0.155. The number of aliphatic hydroxyl groups excluding tert-OH is 1. The van der Waals surface area contributed by atoms with Crippen LogP contribution in [0.3, 0.4) is 0 Å². The van der Waals surface area contributed by atoms with E-state index in [1.807, 2.05) is 24.3 Å². The molecule has 1 aliphatic carbocycles. The van der Waals surface area contributed by atoms with Crippen molar-refractivity contribution in [1.82, 2.24) is 10.6 Å². The molecule has 0 radical (unpaired) electrons. The summed E-state index contributed by atoms with van der Waals surface area (Å²) in [6.45, 7) is 1.05. The zero-order chi connectivity index (χ0) is 15.6. The fourth-order valence-corrected chi connectivity index (χ4v) is 2.59. The lowest BCUT2D eigenvalue weighted by Crippen LogP contribution is -2.35. The lowest BCUT2D eigenvalue weighted by atomic mass is 9.98. The molecule has 1 fully saturated rings. The summed E-state index contributed by atoms with van der Waals surface area (Å²) in [4.78, 5) is 11.5. The van der Waals surface area contributed by atoms with Crippen LogP contribution in [-0.4, -0.2) is 30.4 Å². The van der Waals surface area contributed by atoms with Gasteiger partial charge in [-0.25, -0.2) is 4.79 Å². The van der Waals surface area contributed by atoms with Gasteiger partial charge in [-0.3, -0.25) is 0 Å². The molecule has 22 heavy (non-hydrogen) atoms. The number of amides is 2. The number of carbonyl (C=O) groups excluding carboxylic acids is 1. The van der Waals surface area contributed by atoms with Crippen LogP contribution >= 0.6 is 0 Å². The molecule has 1 aromatic carbocycles. The maximum absolute atomic E-state index is 11.5. The van der Waals surface area contributed by atoms with Gasteiger partial charge in [0.2, 0.25) is 0 Å². The van der Waals surface area contributed by atoms with E-state index in [-0.39, 0.29) is 12.6 Å². The first-order valence-electron chi connectivity index (χ1n) is 8.16. The van der Waals surface area contributed by atoms with Crippen LogP contribution in [0.2, 0.25) is 0 Å². The van der Waals surface area contributed by atoms with Gasteiger partial charge in [-0.1, -0.05) is 18.6 Å². The van der Waals surface area contributed by atoms with Crippen LogP contribution in [0.25, 0.3) is 0 Å². The van der Waals surface area contributed by atoms with E-state index >= 15 is 0 Å². The van der Waals surface area contributed by atoms with Crippen molar-refractivity contribution in [2.45, 2.75) is 51.2 Å². The number of ether oxygens (including phenoxy) is 1. The highest BCUT2D eigenvalue weighted by Gasteiger charge is 2.14. The van der Waals surface area contributed by atoms with Crippen molar-refractivity contribution in [3.8, 4) is 5.75 Å². The van der Waals surface area contributed by atoms with Crippen molar-refractivity contribution in [1.29, 1.82) is 0 Å². The number of rotatable bonds is 7. The van der Waals surface area contributed by atoms with E-state index in [0.29, 0.717) is 25.6 Å². The fourth-order valence-electron chi connectivity index (χ4n) is 2.59. The summed E-state index contributed by atoms with van der Waals surface area (Å²) in [5.41, 5.74) is 1.04. The van der Waals surface area contributed by atoms with Crippen LogP contribution in [0.1, 0.15) is 44.1 Å². The smallest absolute Gasteiger partial charge is 0.315 e. The quantitative estimate of drug-likeness (QED) is 0.678. The van der Waals surface area contributed by atoms with Gasteiger partial charge < -0.3 is 20.5 Å². The number of carbonyl (C=O) groups is 1. The summed E-state index contributed by atoms with van der Waals surface area (Å²) >= 11 is 0. The molecule has 0 saturated heterocycles. The Morgan fingerprint density at radius 3 is 2.55 bits per heavy atom. The highest BCUT2D eigenvalue weighted by molar-refractivity contribution is 5.73. The zero-order valence-corrected chi connectivity index (χ0v) is 13.0. The van der Waals surface area contributed by atoms with Crippen molar-refractivity contribution in [3.05, 3.63) is 29.8 Å². The minimum atomic E-state index is -0.212. The second-order valence-electron chi connectivity index (χ2n) is 5.71. The summed E-state index contributed by atoms with van der Waals surface area (Å²) < 4.78 is 5.98. The van der Waals surface area contributed by atoms with Gasteiger partial charge in [-0.2, -0.15) is 0 Å². The van der Waals surface area contributed by atoms with E-state index in [2.05, 4.69) is 10.6 Å². The number of nitrogens with one attached hydrogen (secondary N) is 2.